The molecule has 6 heteroatoms. The van der Waals surface area contributed by atoms with Gasteiger partial charge in [-0.2, -0.15) is 0 Å². The van der Waals surface area contributed by atoms with E-state index >= 15 is 0 Å². The molecule has 0 saturated heterocycles. The number of carbonyl (C=O) groups excluding carboxylic acids is 1. The van der Waals surface area contributed by atoms with E-state index in [0.717, 1.165) is 35.4 Å². The van der Waals surface area contributed by atoms with Crippen LogP contribution >= 0.6 is 23.2 Å². The molecule has 0 unspecified atom stereocenters. The summed E-state index contributed by atoms with van der Waals surface area (Å²) in [4.78, 5) is 17.9. The molecule has 2 aromatic carbocycles. The Morgan fingerprint density at radius 3 is 2.62 bits per heavy atom. The predicted molar refractivity (Wildman–Crippen MR) is 112 cm³/mol. The van der Waals surface area contributed by atoms with Crippen LogP contribution in [0.1, 0.15) is 24.1 Å². The fraction of sp³-hybridized carbons (Fsp3) is 0.217. The monoisotopic (exact) mass is 425 g/mol. The van der Waals surface area contributed by atoms with E-state index in [1.165, 1.54) is 0 Å². The number of hydrogen-bond acceptors (Lipinski definition) is 4. The van der Waals surface area contributed by atoms with Crippen molar-refractivity contribution < 1.29 is 14.3 Å². The zero-order chi connectivity index (χ0) is 20.0. The number of ether oxygens (including phenoxy) is 2. The summed E-state index contributed by atoms with van der Waals surface area (Å²) in [6.07, 6.45) is 1.94. The van der Waals surface area contributed by atoms with E-state index < -0.39 is 5.41 Å². The van der Waals surface area contributed by atoms with Crippen molar-refractivity contribution in [3.05, 3.63) is 75.9 Å². The van der Waals surface area contributed by atoms with Crippen molar-refractivity contribution in [1.82, 2.24) is 4.98 Å². The lowest BCUT2D eigenvalue weighted by atomic mass is 9.88. The number of benzene rings is 2. The van der Waals surface area contributed by atoms with Crippen LogP contribution in [0.2, 0.25) is 10.0 Å². The Morgan fingerprint density at radius 2 is 1.79 bits per heavy atom. The Labute approximate surface area is 178 Å². The first-order chi connectivity index (χ1) is 14.1. The molecule has 1 saturated carbocycles. The van der Waals surface area contributed by atoms with Crippen LogP contribution in [0.15, 0.2) is 54.6 Å². The van der Waals surface area contributed by atoms with Crippen LogP contribution in [0, 0.1) is 0 Å². The van der Waals surface area contributed by atoms with E-state index in [-0.39, 0.29) is 19.0 Å². The Kier molecular flexibility index (Phi) is 4.49. The zero-order valence-electron chi connectivity index (χ0n) is 15.5. The number of Topliss-reactive ketones (excluding diaryl/α,β-unsaturated/α-hetero) is 1. The Balaban J connectivity index is 1.41. The van der Waals surface area contributed by atoms with Crippen molar-refractivity contribution in [3.8, 4) is 22.8 Å². The molecule has 4 nitrogen and oxygen atoms in total. The van der Waals surface area contributed by atoms with Crippen LogP contribution in [0.5, 0.6) is 11.5 Å². The summed E-state index contributed by atoms with van der Waals surface area (Å²) in [7, 11) is 0. The first-order valence-electron chi connectivity index (χ1n) is 9.41. The number of carbonyl (C=O) groups is 1. The van der Waals surface area contributed by atoms with Gasteiger partial charge in [-0.3, -0.25) is 9.78 Å². The number of nitrogens with zero attached hydrogens (tertiary/aromatic N) is 1. The van der Waals surface area contributed by atoms with E-state index in [1.807, 2.05) is 48.5 Å². The first-order valence-corrected chi connectivity index (χ1v) is 10.2. The molecule has 0 atom stereocenters. The fourth-order valence-corrected chi connectivity index (χ4v) is 4.21. The van der Waals surface area contributed by atoms with Gasteiger partial charge in [-0.25, -0.2) is 0 Å². The third-order valence-electron chi connectivity index (χ3n) is 5.58. The van der Waals surface area contributed by atoms with Gasteiger partial charge in [0.15, 0.2) is 11.5 Å². The van der Waals surface area contributed by atoms with Gasteiger partial charge >= 0.3 is 0 Å². The van der Waals surface area contributed by atoms with Crippen LogP contribution in [-0.2, 0) is 16.6 Å². The van der Waals surface area contributed by atoms with Crippen molar-refractivity contribution >= 4 is 29.0 Å². The van der Waals surface area contributed by atoms with Gasteiger partial charge in [0, 0.05) is 17.7 Å². The van der Waals surface area contributed by atoms with Crippen LogP contribution < -0.4 is 9.47 Å². The quantitative estimate of drug-likeness (QED) is 0.531. The molecular formula is C23H17Cl2NO3. The summed E-state index contributed by atoms with van der Waals surface area (Å²) in [6.45, 7) is 0.225. The number of ketones is 1. The summed E-state index contributed by atoms with van der Waals surface area (Å²) < 4.78 is 10.9. The standard InChI is InChI=1S/C23H17Cl2NO3/c24-17-5-2-4-16(22(17)25)18-6-1-3-15(26-18)12-21(27)23(9-10-23)14-7-8-19-20(11-14)29-13-28-19/h1-8,11H,9-10,12-13H2. The van der Waals surface area contributed by atoms with Crippen LogP contribution in [0.4, 0.5) is 0 Å². The van der Waals surface area contributed by atoms with E-state index in [9.17, 15) is 4.79 Å². The summed E-state index contributed by atoms with van der Waals surface area (Å²) in [5.41, 5.74) is 2.71. The highest BCUT2D eigenvalue weighted by molar-refractivity contribution is 6.43. The molecular weight excluding hydrogens is 409 g/mol. The maximum Gasteiger partial charge on any atom is 0.231 e. The van der Waals surface area contributed by atoms with Crippen molar-refractivity contribution in [2.75, 3.05) is 6.79 Å². The number of aromatic nitrogens is 1. The minimum atomic E-state index is -0.452. The van der Waals surface area contributed by atoms with Gasteiger partial charge in [0.2, 0.25) is 6.79 Å². The molecule has 0 radical (unpaired) electrons. The van der Waals surface area contributed by atoms with Crippen molar-refractivity contribution in [1.29, 1.82) is 0 Å². The lowest BCUT2D eigenvalue weighted by Gasteiger charge is -2.15. The van der Waals surface area contributed by atoms with E-state index in [4.69, 9.17) is 32.7 Å². The first kappa shape index (κ1) is 18.5. The lowest BCUT2D eigenvalue weighted by molar-refractivity contribution is -0.120. The highest BCUT2D eigenvalue weighted by atomic mass is 35.5. The molecule has 1 aliphatic carbocycles. The molecule has 2 heterocycles. The van der Waals surface area contributed by atoms with Gasteiger partial charge in [-0.15, -0.1) is 0 Å². The average Bonchev–Trinajstić information content (AvgIpc) is 3.41. The topological polar surface area (TPSA) is 48.4 Å². The molecule has 5 rings (SSSR count). The molecule has 2 aliphatic rings. The highest BCUT2D eigenvalue weighted by Gasteiger charge is 2.50. The van der Waals surface area contributed by atoms with Gasteiger partial charge in [0.1, 0.15) is 5.78 Å². The summed E-state index contributed by atoms with van der Waals surface area (Å²) in [5, 5.41) is 0.941. The van der Waals surface area contributed by atoms with Gasteiger partial charge in [0.05, 0.1) is 21.2 Å². The zero-order valence-corrected chi connectivity index (χ0v) is 17.0. The normalized spacial score (nSPS) is 15.9. The molecule has 1 aromatic heterocycles. The maximum absolute atomic E-state index is 13.2. The summed E-state index contributed by atoms with van der Waals surface area (Å²) >= 11 is 12.5. The number of hydrogen-bond donors (Lipinski definition) is 0. The summed E-state index contributed by atoms with van der Waals surface area (Å²) in [6, 6.07) is 16.9. The molecule has 1 fully saturated rings. The number of rotatable bonds is 5. The smallest absolute Gasteiger partial charge is 0.231 e. The van der Waals surface area contributed by atoms with Crippen LogP contribution in [0.3, 0.4) is 0 Å². The molecule has 0 bridgehead atoms. The van der Waals surface area contributed by atoms with E-state index in [2.05, 4.69) is 4.98 Å². The number of fused-ring (bicyclic) bond motifs is 1. The Bertz CT molecular complexity index is 1120. The molecule has 1 aliphatic heterocycles. The minimum absolute atomic E-state index is 0.165. The Morgan fingerprint density at radius 1 is 1.00 bits per heavy atom. The molecule has 0 N–H and O–H groups in total. The lowest BCUT2D eigenvalue weighted by Crippen LogP contribution is -2.23. The molecule has 29 heavy (non-hydrogen) atoms. The van der Waals surface area contributed by atoms with Gasteiger partial charge in [0.25, 0.3) is 0 Å². The van der Waals surface area contributed by atoms with Crippen molar-refractivity contribution in [2.24, 2.45) is 0 Å². The van der Waals surface area contributed by atoms with Crippen LogP contribution in [-0.4, -0.2) is 17.6 Å². The van der Waals surface area contributed by atoms with E-state index in [0.29, 0.717) is 21.5 Å². The predicted octanol–water partition coefficient (Wildman–Crippen LogP) is 5.63. The SMILES string of the molecule is O=C(Cc1cccc(-c2cccc(Cl)c2Cl)n1)C1(c2ccc3c(c2)OCO3)CC1. The third kappa shape index (κ3) is 3.26. The molecule has 0 spiro atoms. The van der Waals surface area contributed by atoms with Crippen molar-refractivity contribution in [3.63, 3.8) is 0 Å². The molecule has 146 valence electrons. The van der Waals surface area contributed by atoms with Gasteiger partial charge < -0.3 is 9.47 Å². The fourth-order valence-electron chi connectivity index (χ4n) is 3.81. The average molecular weight is 426 g/mol. The number of halogens is 2. The minimum Gasteiger partial charge on any atom is -0.454 e. The van der Waals surface area contributed by atoms with Crippen molar-refractivity contribution in [2.45, 2.75) is 24.7 Å². The molecule has 0 amide bonds. The Hall–Kier alpha value is -2.56. The second-order valence-electron chi connectivity index (χ2n) is 7.37. The summed E-state index contributed by atoms with van der Waals surface area (Å²) in [5.74, 6) is 1.60. The van der Waals surface area contributed by atoms with E-state index in [1.54, 1.807) is 6.07 Å². The largest absolute Gasteiger partial charge is 0.454 e. The highest BCUT2D eigenvalue weighted by Crippen LogP contribution is 2.51. The van der Waals surface area contributed by atoms with Crippen LogP contribution in [0.25, 0.3) is 11.3 Å². The third-order valence-corrected chi connectivity index (χ3v) is 6.40. The van der Waals surface area contributed by atoms with Gasteiger partial charge in [-0.1, -0.05) is 47.5 Å². The number of pyridine rings is 1. The second kappa shape index (κ2) is 7.05. The van der Waals surface area contributed by atoms with Gasteiger partial charge in [-0.05, 0) is 48.7 Å². The maximum atomic E-state index is 13.2. The molecule has 3 aromatic rings. The second-order valence-corrected chi connectivity index (χ2v) is 8.15.